The maximum absolute atomic E-state index is 14.6. The summed E-state index contributed by atoms with van der Waals surface area (Å²) in [5.74, 6) is -1.05. The fourth-order valence-corrected chi connectivity index (χ4v) is 10.0. The topological polar surface area (TPSA) is 120 Å². The van der Waals surface area contributed by atoms with Crippen molar-refractivity contribution in [2.45, 2.75) is 115 Å². The minimum absolute atomic E-state index is 0.00847. The van der Waals surface area contributed by atoms with Gasteiger partial charge in [0.05, 0.1) is 22.6 Å². The maximum Gasteiger partial charge on any atom is 0.407 e. The largest absolute Gasteiger partial charge is 0.477 e. The van der Waals surface area contributed by atoms with Crippen molar-refractivity contribution >= 4 is 22.1 Å². The van der Waals surface area contributed by atoms with E-state index in [-0.39, 0.29) is 60.0 Å². The lowest BCUT2D eigenvalue weighted by atomic mass is 9.46. The number of nitrogens with one attached hydrogen (secondary N) is 2. The molecule has 3 fully saturated rings. The number of alkyl carbamates (subject to hydrolysis) is 1. The first-order valence-electron chi connectivity index (χ1n) is 18.0. The molecule has 1 unspecified atom stereocenters. The molecule has 0 saturated heterocycles. The molecule has 2 N–H and O–H groups in total. The number of aryl methyl sites for hydroxylation is 2. The van der Waals surface area contributed by atoms with Crippen LogP contribution >= 0.6 is 0 Å². The number of fused-ring (bicyclic) bond motifs is 4. The second-order valence-electron chi connectivity index (χ2n) is 16.8. The van der Waals surface area contributed by atoms with E-state index in [4.69, 9.17) is 9.47 Å². The van der Waals surface area contributed by atoms with Crippen molar-refractivity contribution in [3.05, 3.63) is 64.7 Å². The second-order valence-corrected chi connectivity index (χ2v) is 18.5. The average Bonchev–Trinajstić information content (AvgIpc) is 3.79. The molecular weight excluding hydrogens is 694 g/mol. The first kappa shape index (κ1) is 36.5. The minimum Gasteiger partial charge on any atom is -0.477 e. The Balaban J connectivity index is 1.25. The van der Waals surface area contributed by atoms with Crippen LogP contribution in [0.5, 0.6) is 5.88 Å². The fourth-order valence-electron chi connectivity index (χ4n) is 9.04. The SMILES string of the molecule is Cc1cccc(C)c1-c1nc2nc(c1C)OC[C@@H](CC1(C(F)(F)F)CC1)C([C@H]1CC3(C[C@H](NC(=O)OC(C)(C)C)C3)C1)c1cccc(c1)S(=O)(=O)N2. The van der Waals surface area contributed by atoms with Gasteiger partial charge in [-0.1, -0.05) is 30.3 Å². The molecule has 9 nitrogen and oxygen atoms in total. The molecule has 3 aliphatic carbocycles. The lowest BCUT2D eigenvalue weighted by molar-refractivity contribution is -0.194. The summed E-state index contributed by atoms with van der Waals surface area (Å²) in [7, 11) is -4.19. The molecule has 1 spiro atoms. The summed E-state index contributed by atoms with van der Waals surface area (Å²) in [6.07, 6.45) is -1.85. The molecule has 2 atom stereocenters. The third kappa shape index (κ3) is 6.97. The summed E-state index contributed by atoms with van der Waals surface area (Å²) < 4.78 is 86.2. The minimum atomic E-state index is -4.38. The maximum atomic E-state index is 14.6. The van der Waals surface area contributed by atoms with Gasteiger partial charge in [0, 0.05) is 23.1 Å². The number of ether oxygens (including phenoxy) is 2. The van der Waals surface area contributed by atoms with E-state index in [0.717, 1.165) is 42.4 Å². The van der Waals surface area contributed by atoms with Crippen LogP contribution in [0, 0.1) is 43.4 Å². The molecule has 3 saturated carbocycles. The van der Waals surface area contributed by atoms with Crippen LogP contribution in [0.25, 0.3) is 11.3 Å². The van der Waals surface area contributed by atoms with Gasteiger partial charge in [-0.15, -0.1) is 0 Å². The molecule has 1 aromatic heterocycles. The first-order valence-corrected chi connectivity index (χ1v) is 19.5. The highest BCUT2D eigenvalue weighted by molar-refractivity contribution is 7.92. The van der Waals surface area contributed by atoms with Crippen LogP contribution < -0.4 is 14.8 Å². The van der Waals surface area contributed by atoms with Crippen molar-refractivity contribution in [1.29, 1.82) is 0 Å². The third-order valence-electron chi connectivity index (χ3n) is 11.6. The number of rotatable bonds is 5. The monoisotopic (exact) mass is 740 g/mol. The molecule has 7 rings (SSSR count). The van der Waals surface area contributed by atoms with E-state index in [0.29, 0.717) is 16.8 Å². The molecule has 1 aliphatic heterocycles. The number of alkyl halides is 3. The Labute approximate surface area is 303 Å². The molecule has 52 heavy (non-hydrogen) atoms. The highest BCUT2D eigenvalue weighted by Gasteiger charge is 2.65. The molecule has 2 aromatic carbocycles. The van der Waals surface area contributed by atoms with Gasteiger partial charge in [0.1, 0.15) is 5.60 Å². The van der Waals surface area contributed by atoms with Crippen LogP contribution in [0.2, 0.25) is 0 Å². The average molecular weight is 741 g/mol. The van der Waals surface area contributed by atoms with Gasteiger partial charge in [0.25, 0.3) is 10.0 Å². The highest BCUT2D eigenvalue weighted by atomic mass is 32.2. The first-order chi connectivity index (χ1) is 24.3. The van der Waals surface area contributed by atoms with Crippen molar-refractivity contribution in [2.75, 3.05) is 11.3 Å². The normalized spacial score (nSPS) is 27.4. The van der Waals surface area contributed by atoms with Gasteiger partial charge in [-0.3, -0.25) is 0 Å². The third-order valence-corrected chi connectivity index (χ3v) is 13.0. The molecule has 4 bridgehead atoms. The number of carbonyl (C=O) groups is 1. The van der Waals surface area contributed by atoms with Gasteiger partial charge in [-0.05, 0) is 133 Å². The number of hydrogen-bond acceptors (Lipinski definition) is 7. The zero-order valence-electron chi connectivity index (χ0n) is 30.5. The molecule has 280 valence electrons. The van der Waals surface area contributed by atoms with E-state index in [1.165, 1.54) is 6.07 Å². The summed E-state index contributed by atoms with van der Waals surface area (Å²) in [5.41, 5.74) is 1.94. The number of benzene rings is 2. The highest BCUT2D eigenvalue weighted by Crippen LogP contribution is 2.66. The van der Waals surface area contributed by atoms with Crippen LogP contribution in [-0.4, -0.2) is 48.9 Å². The van der Waals surface area contributed by atoms with Crippen molar-refractivity contribution in [2.24, 2.45) is 22.7 Å². The number of nitrogens with zero attached hydrogens (tertiary/aromatic N) is 2. The quantitative estimate of drug-likeness (QED) is 0.269. The second kappa shape index (κ2) is 12.6. The van der Waals surface area contributed by atoms with Crippen molar-refractivity contribution in [3.63, 3.8) is 0 Å². The molecule has 4 aliphatic rings. The predicted molar refractivity (Wildman–Crippen MR) is 191 cm³/mol. The van der Waals surface area contributed by atoms with E-state index in [2.05, 4.69) is 20.0 Å². The Bertz CT molecular complexity index is 1970. The number of amides is 1. The number of carbonyl (C=O) groups excluding carboxylic acids is 1. The van der Waals surface area contributed by atoms with Gasteiger partial charge in [-0.25, -0.2) is 22.9 Å². The molecular formula is C39H47F3N4O5S. The molecule has 0 radical (unpaired) electrons. The Morgan fingerprint density at radius 1 is 1.00 bits per heavy atom. The van der Waals surface area contributed by atoms with E-state index >= 15 is 0 Å². The van der Waals surface area contributed by atoms with Crippen molar-refractivity contribution < 1.29 is 35.9 Å². The number of aromatic nitrogens is 2. The summed E-state index contributed by atoms with van der Waals surface area (Å²) >= 11 is 0. The van der Waals surface area contributed by atoms with Gasteiger partial charge < -0.3 is 14.8 Å². The number of sulfonamides is 1. The van der Waals surface area contributed by atoms with E-state index in [9.17, 15) is 26.4 Å². The Morgan fingerprint density at radius 3 is 2.27 bits per heavy atom. The van der Waals surface area contributed by atoms with Crippen molar-refractivity contribution in [3.8, 4) is 17.1 Å². The Morgan fingerprint density at radius 2 is 1.65 bits per heavy atom. The lowest BCUT2D eigenvalue weighted by Crippen LogP contribution is -2.58. The predicted octanol–water partition coefficient (Wildman–Crippen LogP) is 8.78. The van der Waals surface area contributed by atoms with Gasteiger partial charge >= 0.3 is 12.3 Å². The zero-order chi connectivity index (χ0) is 37.4. The number of hydrogen-bond donors (Lipinski definition) is 2. The molecule has 2 heterocycles. The number of anilines is 1. The lowest BCUT2D eigenvalue weighted by Gasteiger charge is -2.60. The molecule has 3 aromatic rings. The van der Waals surface area contributed by atoms with Crippen LogP contribution in [0.3, 0.4) is 0 Å². The standard InChI is InChI=1S/C39H47F3N4O5S/c1-22-9-7-10-23(2)30(22)32-24(3)33-45-34(44-32)46-52(48,49)29-12-8-11-25(15-29)31(27(21-50-33)18-38(13-14-38)39(40,41)42)26-16-37(17-26)19-28(20-37)43-35(47)51-36(4,5)6/h7-12,15,26-28,31H,13-14,16-21H2,1-6H3,(H,43,47)(H,44,45,46)/t26-,27-,28-,31?,37?/m1/s1. The number of halogens is 3. The van der Waals surface area contributed by atoms with Crippen molar-refractivity contribution in [1.82, 2.24) is 15.3 Å². The summed E-state index contributed by atoms with van der Waals surface area (Å²) in [4.78, 5) is 21.5. The zero-order valence-corrected chi connectivity index (χ0v) is 31.3. The van der Waals surface area contributed by atoms with Crippen LogP contribution in [0.15, 0.2) is 47.4 Å². The molecule has 13 heteroatoms. The smallest absolute Gasteiger partial charge is 0.407 e. The van der Waals surface area contributed by atoms with E-state index in [1.807, 2.05) is 58.9 Å². The van der Waals surface area contributed by atoms with Gasteiger partial charge in [-0.2, -0.15) is 18.2 Å². The van der Waals surface area contributed by atoms with Gasteiger partial charge in [0.15, 0.2) is 0 Å². The van der Waals surface area contributed by atoms with Crippen LogP contribution in [-0.2, 0) is 14.8 Å². The summed E-state index contributed by atoms with van der Waals surface area (Å²) in [5, 5.41) is 2.96. The van der Waals surface area contributed by atoms with E-state index < -0.39 is 45.1 Å². The Hall–Kier alpha value is -3.87. The van der Waals surface area contributed by atoms with Crippen LogP contribution in [0.4, 0.5) is 23.9 Å². The molecule has 1 amide bonds. The van der Waals surface area contributed by atoms with E-state index in [1.54, 1.807) is 19.1 Å². The fraction of sp³-hybridized carbons (Fsp3) is 0.564. The van der Waals surface area contributed by atoms with Gasteiger partial charge in [0.2, 0.25) is 11.8 Å². The van der Waals surface area contributed by atoms with Crippen LogP contribution in [0.1, 0.15) is 93.9 Å². The summed E-state index contributed by atoms with van der Waals surface area (Å²) in [6, 6.07) is 12.3. The summed E-state index contributed by atoms with van der Waals surface area (Å²) in [6.45, 7) is 11.1. The Kier molecular flexibility index (Phi) is 8.86.